The summed E-state index contributed by atoms with van der Waals surface area (Å²) in [6.07, 6.45) is 2.42. The zero-order valence-corrected chi connectivity index (χ0v) is 7.97. The van der Waals surface area contributed by atoms with Crippen molar-refractivity contribution in [2.45, 2.75) is 6.54 Å². The van der Waals surface area contributed by atoms with Gasteiger partial charge >= 0.3 is 6.09 Å². The molecule has 1 aromatic heterocycles. The Balaban J connectivity index is 2.38. The molecule has 4 heteroatoms. The van der Waals surface area contributed by atoms with Crippen LogP contribution in [-0.2, 0) is 6.54 Å². The summed E-state index contributed by atoms with van der Waals surface area (Å²) in [7, 11) is 0. The maximum atomic E-state index is 10.4. The molecule has 1 heterocycles. The number of fused-ring (bicyclic) bond motifs is 1. The highest BCUT2D eigenvalue weighted by Crippen LogP contribution is 2.16. The van der Waals surface area contributed by atoms with Gasteiger partial charge in [0.15, 0.2) is 0 Å². The van der Waals surface area contributed by atoms with Crippen molar-refractivity contribution in [2.75, 3.05) is 0 Å². The van der Waals surface area contributed by atoms with Crippen molar-refractivity contribution < 1.29 is 9.90 Å². The number of rotatable bonds is 2. The van der Waals surface area contributed by atoms with Gasteiger partial charge in [0.2, 0.25) is 0 Å². The van der Waals surface area contributed by atoms with Crippen molar-refractivity contribution in [2.24, 2.45) is 0 Å². The highest BCUT2D eigenvalue weighted by molar-refractivity contribution is 5.84. The number of nitrogens with one attached hydrogen (secondary N) is 1. The first-order valence-electron chi connectivity index (χ1n) is 4.56. The van der Waals surface area contributed by atoms with Crippen molar-refractivity contribution in [1.29, 1.82) is 0 Å². The fourth-order valence-corrected chi connectivity index (χ4v) is 1.49. The standard InChI is InChI=1S/C11H10N2O2/c14-11(15)13-7-9-6-12-5-8-3-1-2-4-10(8)9/h1-6,13H,7H2,(H,14,15). The lowest BCUT2D eigenvalue weighted by Crippen LogP contribution is -2.20. The molecule has 0 atom stereocenters. The monoisotopic (exact) mass is 202 g/mol. The average molecular weight is 202 g/mol. The number of benzene rings is 1. The largest absolute Gasteiger partial charge is 0.465 e. The minimum Gasteiger partial charge on any atom is -0.465 e. The molecule has 2 N–H and O–H groups in total. The molecule has 0 radical (unpaired) electrons. The number of amides is 1. The van der Waals surface area contributed by atoms with E-state index in [1.807, 2.05) is 24.3 Å². The second-order valence-corrected chi connectivity index (χ2v) is 3.18. The van der Waals surface area contributed by atoms with Gasteiger partial charge in [-0.15, -0.1) is 0 Å². The van der Waals surface area contributed by atoms with Crippen LogP contribution in [0.3, 0.4) is 0 Å². The molecule has 15 heavy (non-hydrogen) atoms. The zero-order valence-electron chi connectivity index (χ0n) is 7.97. The van der Waals surface area contributed by atoms with Crippen LogP contribution in [0.2, 0.25) is 0 Å². The van der Waals surface area contributed by atoms with Gasteiger partial charge in [-0.2, -0.15) is 0 Å². The van der Waals surface area contributed by atoms with E-state index >= 15 is 0 Å². The molecule has 1 amide bonds. The summed E-state index contributed by atoms with van der Waals surface area (Å²) in [6.45, 7) is 0.281. The van der Waals surface area contributed by atoms with Crippen LogP contribution in [0, 0.1) is 0 Å². The molecule has 1 aromatic carbocycles. The smallest absolute Gasteiger partial charge is 0.404 e. The quantitative estimate of drug-likeness (QED) is 0.782. The van der Waals surface area contributed by atoms with Gasteiger partial charge in [-0.3, -0.25) is 4.98 Å². The van der Waals surface area contributed by atoms with Crippen molar-refractivity contribution in [3.63, 3.8) is 0 Å². The van der Waals surface area contributed by atoms with Crippen LogP contribution in [-0.4, -0.2) is 16.2 Å². The van der Waals surface area contributed by atoms with Crippen molar-refractivity contribution in [1.82, 2.24) is 10.3 Å². The SMILES string of the molecule is O=C(O)NCc1cncc2ccccc12. The third-order valence-electron chi connectivity index (χ3n) is 2.18. The summed E-state index contributed by atoms with van der Waals surface area (Å²) in [5.74, 6) is 0. The molecule has 0 unspecified atom stereocenters. The molecule has 0 bridgehead atoms. The molecule has 0 saturated heterocycles. The first-order chi connectivity index (χ1) is 7.27. The fourth-order valence-electron chi connectivity index (χ4n) is 1.49. The second kappa shape index (κ2) is 3.96. The molecule has 2 rings (SSSR count). The zero-order chi connectivity index (χ0) is 10.7. The minimum absolute atomic E-state index is 0.281. The first kappa shape index (κ1) is 9.45. The van der Waals surface area contributed by atoms with Gasteiger partial charge in [-0.1, -0.05) is 24.3 Å². The summed E-state index contributed by atoms with van der Waals surface area (Å²) in [4.78, 5) is 14.4. The van der Waals surface area contributed by atoms with E-state index in [-0.39, 0.29) is 6.54 Å². The molecular weight excluding hydrogens is 192 g/mol. The molecule has 0 spiro atoms. The van der Waals surface area contributed by atoms with E-state index in [9.17, 15) is 4.79 Å². The fraction of sp³-hybridized carbons (Fsp3) is 0.0909. The Bertz CT molecular complexity index is 491. The Morgan fingerprint density at radius 1 is 1.33 bits per heavy atom. The normalized spacial score (nSPS) is 10.1. The lowest BCUT2D eigenvalue weighted by atomic mass is 10.1. The van der Waals surface area contributed by atoms with Crippen LogP contribution in [0.4, 0.5) is 4.79 Å². The van der Waals surface area contributed by atoms with Gasteiger partial charge in [-0.05, 0) is 10.9 Å². The van der Waals surface area contributed by atoms with Crippen LogP contribution in [0.25, 0.3) is 10.8 Å². The Hall–Kier alpha value is -2.10. The topological polar surface area (TPSA) is 62.2 Å². The summed E-state index contributed by atoms with van der Waals surface area (Å²) in [6, 6.07) is 7.76. The number of aromatic nitrogens is 1. The van der Waals surface area contributed by atoms with Crippen LogP contribution < -0.4 is 5.32 Å². The molecule has 76 valence electrons. The first-order valence-corrected chi connectivity index (χ1v) is 4.56. The number of carboxylic acid groups (broad SMARTS) is 1. The predicted molar refractivity (Wildman–Crippen MR) is 56.6 cm³/mol. The molecule has 0 fully saturated rings. The third-order valence-corrected chi connectivity index (χ3v) is 2.18. The Morgan fingerprint density at radius 3 is 2.93 bits per heavy atom. The van der Waals surface area contributed by atoms with E-state index < -0.39 is 6.09 Å². The summed E-state index contributed by atoms with van der Waals surface area (Å²) >= 11 is 0. The number of hydrogen-bond donors (Lipinski definition) is 2. The van der Waals surface area contributed by atoms with Gasteiger partial charge in [0.1, 0.15) is 0 Å². The number of hydrogen-bond acceptors (Lipinski definition) is 2. The lowest BCUT2D eigenvalue weighted by molar-refractivity contribution is 0.194. The number of carbonyl (C=O) groups is 1. The van der Waals surface area contributed by atoms with E-state index in [0.717, 1.165) is 16.3 Å². The van der Waals surface area contributed by atoms with Gasteiger partial charge in [0, 0.05) is 24.3 Å². The summed E-state index contributed by atoms with van der Waals surface area (Å²) in [5.41, 5.74) is 0.885. The molecule has 4 nitrogen and oxygen atoms in total. The van der Waals surface area contributed by atoms with E-state index in [4.69, 9.17) is 5.11 Å². The predicted octanol–water partition coefficient (Wildman–Crippen LogP) is 2.00. The van der Waals surface area contributed by atoms with Crippen LogP contribution in [0.5, 0.6) is 0 Å². The van der Waals surface area contributed by atoms with E-state index in [0.29, 0.717) is 0 Å². The maximum Gasteiger partial charge on any atom is 0.404 e. The van der Waals surface area contributed by atoms with Gasteiger partial charge < -0.3 is 10.4 Å². The molecule has 0 aliphatic heterocycles. The molecule has 2 aromatic rings. The maximum absolute atomic E-state index is 10.4. The summed E-state index contributed by atoms with van der Waals surface area (Å²) < 4.78 is 0. The Labute approximate surface area is 86.6 Å². The van der Waals surface area contributed by atoms with Crippen molar-refractivity contribution in [3.05, 3.63) is 42.2 Å². The van der Waals surface area contributed by atoms with Crippen molar-refractivity contribution in [3.8, 4) is 0 Å². The highest BCUT2D eigenvalue weighted by atomic mass is 16.4. The number of nitrogens with zero attached hydrogens (tertiary/aromatic N) is 1. The van der Waals surface area contributed by atoms with Crippen LogP contribution in [0.1, 0.15) is 5.56 Å². The molecular formula is C11H10N2O2. The van der Waals surface area contributed by atoms with Crippen LogP contribution in [0.15, 0.2) is 36.7 Å². The van der Waals surface area contributed by atoms with E-state index in [1.165, 1.54) is 0 Å². The Morgan fingerprint density at radius 2 is 2.13 bits per heavy atom. The molecule has 0 saturated carbocycles. The second-order valence-electron chi connectivity index (χ2n) is 3.18. The molecule has 0 aliphatic rings. The van der Waals surface area contributed by atoms with Crippen molar-refractivity contribution >= 4 is 16.9 Å². The third kappa shape index (κ3) is 2.04. The number of pyridine rings is 1. The Kier molecular flexibility index (Phi) is 2.49. The van der Waals surface area contributed by atoms with E-state index in [1.54, 1.807) is 12.4 Å². The highest BCUT2D eigenvalue weighted by Gasteiger charge is 2.01. The molecule has 0 aliphatic carbocycles. The van der Waals surface area contributed by atoms with Gasteiger partial charge in [0.05, 0.1) is 0 Å². The van der Waals surface area contributed by atoms with Crippen LogP contribution >= 0.6 is 0 Å². The van der Waals surface area contributed by atoms with Gasteiger partial charge in [0.25, 0.3) is 0 Å². The minimum atomic E-state index is -1.03. The average Bonchev–Trinajstić information content (AvgIpc) is 2.26. The lowest BCUT2D eigenvalue weighted by Gasteiger charge is -2.05. The summed E-state index contributed by atoms with van der Waals surface area (Å²) in [5, 5.41) is 12.9. The van der Waals surface area contributed by atoms with Gasteiger partial charge in [-0.25, -0.2) is 4.79 Å². The van der Waals surface area contributed by atoms with E-state index in [2.05, 4.69) is 10.3 Å².